The molecule has 0 radical (unpaired) electrons. The van der Waals surface area contributed by atoms with Gasteiger partial charge in [0.15, 0.2) is 17.9 Å². The van der Waals surface area contributed by atoms with E-state index in [9.17, 15) is 9.18 Å². The fourth-order valence-electron chi connectivity index (χ4n) is 7.33. The Labute approximate surface area is 262 Å². The highest BCUT2D eigenvalue weighted by Gasteiger charge is 2.61. The van der Waals surface area contributed by atoms with E-state index in [1.807, 2.05) is 37.0 Å². The van der Waals surface area contributed by atoms with Gasteiger partial charge in [-0.05, 0) is 50.2 Å². The van der Waals surface area contributed by atoms with E-state index in [1.54, 1.807) is 6.07 Å². The maximum atomic E-state index is 16.1. The quantitative estimate of drug-likeness (QED) is 0.259. The number of anilines is 2. The van der Waals surface area contributed by atoms with Crippen molar-refractivity contribution in [2.24, 2.45) is 11.3 Å². The summed E-state index contributed by atoms with van der Waals surface area (Å²) in [7, 11) is 1.51. The number of ether oxygens (including phenoxy) is 4. The highest BCUT2D eigenvalue weighted by Crippen LogP contribution is 2.59. The molecule has 2 aromatic rings. The lowest BCUT2D eigenvalue weighted by Gasteiger charge is -2.56. The van der Waals surface area contributed by atoms with Gasteiger partial charge in [0.2, 0.25) is 5.91 Å². The first kappa shape index (κ1) is 31.5. The van der Waals surface area contributed by atoms with E-state index in [-0.39, 0.29) is 36.2 Å². The molecule has 6 rings (SSSR count). The average Bonchev–Trinajstić information content (AvgIpc) is 3.60. The summed E-state index contributed by atoms with van der Waals surface area (Å²) in [6.45, 7) is 6.32. The van der Waals surface area contributed by atoms with Crippen molar-refractivity contribution >= 4 is 17.3 Å². The van der Waals surface area contributed by atoms with Crippen molar-refractivity contribution in [3.63, 3.8) is 0 Å². The highest BCUT2D eigenvalue weighted by molar-refractivity contribution is 6.07. The average molecular weight is 627 g/mol. The molecule has 0 spiro atoms. The van der Waals surface area contributed by atoms with Crippen LogP contribution in [0.1, 0.15) is 64.0 Å². The Morgan fingerprint density at radius 3 is 2.33 bits per heavy atom. The smallest absolute Gasteiger partial charge is 0.236 e. The van der Waals surface area contributed by atoms with Crippen molar-refractivity contribution in [1.29, 1.82) is 0 Å². The van der Waals surface area contributed by atoms with Gasteiger partial charge in [0.1, 0.15) is 24.0 Å². The molecule has 1 unspecified atom stereocenters. The number of hydrogen-bond acceptors (Lipinski definition) is 6. The van der Waals surface area contributed by atoms with Crippen LogP contribution in [0.5, 0.6) is 11.5 Å². The summed E-state index contributed by atoms with van der Waals surface area (Å²) < 4.78 is 69.3. The van der Waals surface area contributed by atoms with Crippen molar-refractivity contribution in [2.45, 2.75) is 64.7 Å². The van der Waals surface area contributed by atoms with Crippen LogP contribution in [0.3, 0.4) is 0 Å². The fraction of sp³-hybridized carbons (Fsp3) is 0.514. The Bertz CT molecular complexity index is 1480. The van der Waals surface area contributed by atoms with Crippen LogP contribution >= 0.6 is 0 Å². The van der Waals surface area contributed by atoms with Gasteiger partial charge in [-0.25, -0.2) is 13.2 Å². The number of amides is 1. The lowest BCUT2D eigenvalue weighted by Crippen LogP contribution is -2.63. The second kappa shape index (κ2) is 13.1. The van der Waals surface area contributed by atoms with E-state index < -0.39 is 28.9 Å². The van der Waals surface area contributed by atoms with E-state index in [1.165, 1.54) is 18.1 Å². The number of carbonyl (C=O) groups excluding carboxylic acids is 1. The standard InChI is InChI=1S/C35H41F3N2O5/c1-4-35(5-2)32(40(34(35)41)29-18-24(36)17-27(38)31(29)45-21-22-9-7-6-8-10-22)25-19-26(37)28(20-30(25)42-3)39-13-11-23(12-14-39)33-43-15-16-44-33/h7,9-10,17-20,23,32-33H,4-6,8,11-16,21H2,1-3H3. The Morgan fingerprint density at radius 2 is 1.69 bits per heavy atom. The van der Waals surface area contributed by atoms with Crippen LogP contribution in [0.4, 0.5) is 24.5 Å². The second-order valence-electron chi connectivity index (χ2n) is 12.2. The van der Waals surface area contributed by atoms with Gasteiger partial charge in [-0.1, -0.05) is 32.1 Å². The summed E-state index contributed by atoms with van der Waals surface area (Å²) >= 11 is 0. The molecule has 45 heavy (non-hydrogen) atoms. The third-order valence-electron chi connectivity index (χ3n) is 9.90. The SMILES string of the molecule is CCC1(CC)C(=O)N(c2cc(F)cc(F)c2OCC2=CCCC=C2)C1c1cc(F)c(N2CCC(C3OCCO3)CC2)cc1OC. The van der Waals surface area contributed by atoms with Gasteiger partial charge in [0.05, 0.1) is 43.2 Å². The summed E-state index contributed by atoms with van der Waals surface area (Å²) in [5.41, 5.74) is 0.775. The number of hydrogen-bond donors (Lipinski definition) is 0. The van der Waals surface area contributed by atoms with Crippen LogP contribution < -0.4 is 19.3 Å². The zero-order chi connectivity index (χ0) is 31.7. The number of allylic oxidation sites excluding steroid dienone is 2. The lowest BCUT2D eigenvalue weighted by molar-refractivity contribution is -0.141. The van der Waals surface area contributed by atoms with Crippen LogP contribution in [-0.2, 0) is 14.3 Å². The first-order valence-electron chi connectivity index (χ1n) is 16.0. The Morgan fingerprint density at radius 1 is 0.956 bits per heavy atom. The zero-order valence-corrected chi connectivity index (χ0v) is 26.1. The first-order chi connectivity index (χ1) is 21.8. The Kier molecular flexibility index (Phi) is 9.15. The van der Waals surface area contributed by atoms with Gasteiger partial charge < -0.3 is 23.8 Å². The molecular weight excluding hydrogens is 585 g/mol. The van der Waals surface area contributed by atoms with Crippen molar-refractivity contribution in [3.05, 3.63) is 71.1 Å². The van der Waals surface area contributed by atoms with E-state index in [2.05, 4.69) is 0 Å². The number of piperidine rings is 1. The minimum atomic E-state index is -0.921. The maximum Gasteiger partial charge on any atom is 0.236 e. The summed E-state index contributed by atoms with van der Waals surface area (Å²) in [6, 6.07) is 4.22. The summed E-state index contributed by atoms with van der Waals surface area (Å²) in [5.74, 6) is -2.05. The van der Waals surface area contributed by atoms with Crippen LogP contribution in [0.15, 0.2) is 48.1 Å². The number of β-lactam (4-membered cyclic amide) rings is 1. The first-order valence-corrected chi connectivity index (χ1v) is 16.0. The van der Waals surface area contributed by atoms with E-state index >= 15 is 8.78 Å². The van der Waals surface area contributed by atoms with Crippen LogP contribution in [-0.4, -0.2) is 52.2 Å². The molecule has 3 heterocycles. The van der Waals surface area contributed by atoms with Crippen molar-refractivity contribution in [2.75, 3.05) is 49.8 Å². The maximum absolute atomic E-state index is 16.1. The summed E-state index contributed by atoms with van der Waals surface area (Å²) in [5, 5.41) is 0. The minimum Gasteiger partial charge on any atom is -0.496 e. The van der Waals surface area contributed by atoms with E-state index in [0.29, 0.717) is 56.1 Å². The van der Waals surface area contributed by atoms with Gasteiger partial charge in [0, 0.05) is 42.8 Å². The predicted molar refractivity (Wildman–Crippen MR) is 165 cm³/mol. The number of methoxy groups -OCH3 is 1. The third-order valence-corrected chi connectivity index (χ3v) is 9.90. The van der Waals surface area contributed by atoms with E-state index in [4.69, 9.17) is 18.9 Å². The third kappa shape index (κ3) is 5.71. The van der Waals surface area contributed by atoms with Gasteiger partial charge in [-0.2, -0.15) is 0 Å². The number of benzene rings is 2. The number of halogens is 3. The van der Waals surface area contributed by atoms with Crippen molar-refractivity contribution < 1.29 is 36.9 Å². The molecule has 3 aliphatic heterocycles. The van der Waals surface area contributed by atoms with Gasteiger partial charge >= 0.3 is 0 Å². The van der Waals surface area contributed by atoms with Gasteiger partial charge in [-0.15, -0.1) is 0 Å². The predicted octanol–water partition coefficient (Wildman–Crippen LogP) is 7.25. The highest BCUT2D eigenvalue weighted by atomic mass is 19.1. The number of rotatable bonds is 10. The van der Waals surface area contributed by atoms with Crippen molar-refractivity contribution in [1.82, 2.24) is 0 Å². The molecule has 1 amide bonds. The molecule has 0 bridgehead atoms. The topological polar surface area (TPSA) is 60.5 Å². The molecule has 10 heteroatoms. The monoisotopic (exact) mass is 626 g/mol. The fourth-order valence-corrected chi connectivity index (χ4v) is 7.33. The molecule has 1 aliphatic carbocycles. The van der Waals surface area contributed by atoms with Crippen LogP contribution in [0.2, 0.25) is 0 Å². The summed E-state index contributed by atoms with van der Waals surface area (Å²) in [4.78, 5) is 17.3. The van der Waals surface area contributed by atoms with Crippen LogP contribution in [0, 0.1) is 28.8 Å². The molecule has 242 valence electrons. The number of nitrogens with zero attached hydrogens (tertiary/aromatic N) is 2. The molecule has 0 aromatic heterocycles. The molecule has 2 aromatic carbocycles. The zero-order valence-electron chi connectivity index (χ0n) is 26.1. The second-order valence-corrected chi connectivity index (χ2v) is 12.2. The van der Waals surface area contributed by atoms with Crippen molar-refractivity contribution in [3.8, 4) is 11.5 Å². The van der Waals surface area contributed by atoms with Crippen LogP contribution in [0.25, 0.3) is 0 Å². The molecular formula is C35H41F3N2O5. The molecule has 3 saturated heterocycles. The molecule has 3 fully saturated rings. The molecule has 0 N–H and O–H groups in total. The normalized spacial score (nSPS) is 22.0. The minimum absolute atomic E-state index is 0.0228. The summed E-state index contributed by atoms with van der Waals surface area (Å²) in [6.07, 6.45) is 9.98. The van der Waals surface area contributed by atoms with E-state index in [0.717, 1.165) is 43.4 Å². The van der Waals surface area contributed by atoms with Gasteiger partial charge in [0.25, 0.3) is 0 Å². The molecule has 4 aliphatic rings. The Hall–Kier alpha value is -3.50. The molecule has 7 nitrogen and oxygen atoms in total. The Balaban J connectivity index is 1.34. The largest absolute Gasteiger partial charge is 0.496 e. The molecule has 0 saturated carbocycles. The number of carbonyl (C=O) groups is 1. The lowest BCUT2D eigenvalue weighted by atomic mass is 9.64. The molecule has 1 atom stereocenters. The van der Waals surface area contributed by atoms with Gasteiger partial charge in [-0.3, -0.25) is 9.69 Å².